The van der Waals surface area contributed by atoms with Crippen molar-refractivity contribution in [3.63, 3.8) is 0 Å². The van der Waals surface area contributed by atoms with Crippen molar-refractivity contribution < 1.29 is 22.8 Å². The van der Waals surface area contributed by atoms with Crippen LogP contribution in [-0.2, 0) is 22.2 Å². The molecule has 26 heavy (non-hydrogen) atoms. The Morgan fingerprint density at radius 3 is 2.23 bits per heavy atom. The van der Waals surface area contributed by atoms with Crippen LogP contribution >= 0.6 is 0 Å². The molecular formula is C18H16F3N3O2. The largest absolute Gasteiger partial charge is 0.416 e. The number of amides is 2. The van der Waals surface area contributed by atoms with Crippen LogP contribution in [0.3, 0.4) is 0 Å². The van der Waals surface area contributed by atoms with Crippen LogP contribution in [0.4, 0.5) is 18.9 Å². The Hall–Kier alpha value is -3.16. The molecule has 0 radical (unpaired) electrons. The highest BCUT2D eigenvalue weighted by Gasteiger charge is 2.30. The van der Waals surface area contributed by atoms with E-state index in [9.17, 15) is 22.8 Å². The predicted octanol–water partition coefficient (Wildman–Crippen LogP) is 3.38. The standard InChI is InChI=1S/C18H16F3N3O2/c19-18(20,21)14-8-10-15(11-9-14)23-16(25)17(26)24-22-12-4-7-13-5-2-1-3-6-13/h1-3,5-6,8-12H,4,7H2,(H,23,25)(H,24,26)/b22-12+. The van der Waals surface area contributed by atoms with E-state index in [-0.39, 0.29) is 5.69 Å². The molecule has 5 nitrogen and oxygen atoms in total. The maximum Gasteiger partial charge on any atom is 0.416 e. The predicted molar refractivity (Wildman–Crippen MR) is 91.5 cm³/mol. The van der Waals surface area contributed by atoms with Crippen LogP contribution in [0.15, 0.2) is 59.7 Å². The summed E-state index contributed by atoms with van der Waals surface area (Å²) < 4.78 is 37.4. The zero-order valence-electron chi connectivity index (χ0n) is 13.6. The number of nitrogens with one attached hydrogen (secondary N) is 2. The van der Waals surface area contributed by atoms with Crippen molar-refractivity contribution in [2.24, 2.45) is 5.10 Å². The molecule has 0 aliphatic rings. The highest BCUT2D eigenvalue weighted by molar-refractivity contribution is 6.39. The van der Waals surface area contributed by atoms with Gasteiger partial charge in [0.2, 0.25) is 0 Å². The summed E-state index contributed by atoms with van der Waals surface area (Å²) in [6.45, 7) is 0. The number of nitrogens with zero attached hydrogens (tertiary/aromatic N) is 1. The van der Waals surface area contributed by atoms with Gasteiger partial charge in [-0.2, -0.15) is 18.3 Å². The van der Waals surface area contributed by atoms with Crippen molar-refractivity contribution in [3.8, 4) is 0 Å². The van der Waals surface area contributed by atoms with Crippen LogP contribution in [-0.4, -0.2) is 18.0 Å². The Balaban J connectivity index is 1.76. The lowest BCUT2D eigenvalue weighted by molar-refractivity contribution is -0.137. The topological polar surface area (TPSA) is 70.6 Å². The first kappa shape index (κ1) is 19.2. The molecule has 2 aromatic rings. The third kappa shape index (κ3) is 6.04. The molecule has 0 unspecified atom stereocenters. The van der Waals surface area contributed by atoms with Gasteiger partial charge < -0.3 is 5.32 Å². The Morgan fingerprint density at radius 1 is 0.962 bits per heavy atom. The molecule has 0 aliphatic carbocycles. The Kier molecular flexibility index (Phi) is 6.48. The number of anilines is 1. The van der Waals surface area contributed by atoms with Gasteiger partial charge in [-0.1, -0.05) is 30.3 Å². The van der Waals surface area contributed by atoms with Crippen molar-refractivity contribution in [1.29, 1.82) is 0 Å². The highest BCUT2D eigenvalue weighted by Crippen LogP contribution is 2.29. The molecule has 2 rings (SSSR count). The molecule has 0 aliphatic heterocycles. The van der Waals surface area contributed by atoms with Crippen LogP contribution < -0.4 is 10.7 Å². The smallest absolute Gasteiger partial charge is 0.318 e. The third-order valence-corrected chi connectivity index (χ3v) is 3.34. The summed E-state index contributed by atoms with van der Waals surface area (Å²) in [5.74, 6) is -2.04. The van der Waals surface area contributed by atoms with E-state index in [1.165, 1.54) is 6.21 Å². The van der Waals surface area contributed by atoms with E-state index in [2.05, 4.69) is 15.8 Å². The summed E-state index contributed by atoms with van der Waals surface area (Å²) in [6, 6.07) is 13.4. The Labute approximate surface area is 147 Å². The van der Waals surface area contributed by atoms with Crippen molar-refractivity contribution in [2.45, 2.75) is 19.0 Å². The summed E-state index contributed by atoms with van der Waals surface area (Å²) in [5.41, 5.74) is 2.41. The molecule has 0 aromatic heterocycles. The molecule has 2 amide bonds. The van der Waals surface area contributed by atoms with E-state index >= 15 is 0 Å². The van der Waals surface area contributed by atoms with Gasteiger partial charge in [0.1, 0.15) is 0 Å². The number of hydrazone groups is 1. The van der Waals surface area contributed by atoms with Crippen LogP contribution in [0.25, 0.3) is 0 Å². The lowest BCUT2D eigenvalue weighted by Crippen LogP contribution is -2.32. The van der Waals surface area contributed by atoms with E-state index in [0.717, 1.165) is 36.2 Å². The van der Waals surface area contributed by atoms with Crippen molar-refractivity contribution in [1.82, 2.24) is 5.43 Å². The molecule has 8 heteroatoms. The van der Waals surface area contributed by atoms with Gasteiger partial charge in [-0.05, 0) is 42.7 Å². The van der Waals surface area contributed by atoms with E-state index in [1.807, 2.05) is 30.3 Å². The maximum absolute atomic E-state index is 12.5. The second kappa shape index (κ2) is 8.80. The molecular weight excluding hydrogens is 347 g/mol. The molecule has 2 N–H and O–H groups in total. The SMILES string of the molecule is O=C(N/N=C/CCc1ccccc1)C(=O)Nc1ccc(C(F)(F)F)cc1. The van der Waals surface area contributed by atoms with Crippen molar-refractivity contribution in [3.05, 3.63) is 65.7 Å². The number of carbonyl (C=O) groups excluding carboxylic acids is 2. The molecule has 0 bridgehead atoms. The minimum absolute atomic E-state index is 0.0752. The Bertz CT molecular complexity index is 773. The molecule has 2 aromatic carbocycles. The van der Waals surface area contributed by atoms with Crippen LogP contribution in [0.5, 0.6) is 0 Å². The quantitative estimate of drug-likeness (QED) is 0.486. The van der Waals surface area contributed by atoms with Gasteiger partial charge in [0.25, 0.3) is 0 Å². The van der Waals surface area contributed by atoms with Gasteiger partial charge in [-0.15, -0.1) is 0 Å². The van der Waals surface area contributed by atoms with Gasteiger partial charge in [-0.25, -0.2) is 5.43 Å². The average molecular weight is 363 g/mol. The zero-order valence-corrected chi connectivity index (χ0v) is 13.6. The molecule has 136 valence electrons. The molecule has 0 fully saturated rings. The lowest BCUT2D eigenvalue weighted by atomic mass is 10.1. The summed E-state index contributed by atoms with van der Waals surface area (Å²) in [7, 11) is 0. The lowest BCUT2D eigenvalue weighted by Gasteiger charge is -2.08. The minimum atomic E-state index is -4.46. The number of carbonyl (C=O) groups is 2. The van der Waals surface area contributed by atoms with E-state index < -0.39 is 23.6 Å². The molecule has 0 heterocycles. The number of hydrogen-bond acceptors (Lipinski definition) is 3. The molecule has 0 atom stereocenters. The van der Waals surface area contributed by atoms with Gasteiger partial charge in [0, 0.05) is 11.9 Å². The summed E-state index contributed by atoms with van der Waals surface area (Å²) >= 11 is 0. The fourth-order valence-corrected chi connectivity index (χ4v) is 2.03. The van der Waals surface area contributed by atoms with Gasteiger partial charge in [0.05, 0.1) is 5.56 Å². The number of halogens is 3. The van der Waals surface area contributed by atoms with Crippen LogP contribution in [0, 0.1) is 0 Å². The molecule has 0 spiro atoms. The number of aryl methyl sites for hydroxylation is 1. The highest BCUT2D eigenvalue weighted by atomic mass is 19.4. The second-order valence-electron chi connectivity index (χ2n) is 5.31. The monoisotopic (exact) mass is 363 g/mol. The summed E-state index contributed by atoms with van der Waals surface area (Å²) in [4.78, 5) is 23.3. The normalized spacial score (nSPS) is 11.3. The first-order valence-electron chi connectivity index (χ1n) is 7.70. The van der Waals surface area contributed by atoms with Crippen molar-refractivity contribution >= 4 is 23.7 Å². The van der Waals surface area contributed by atoms with E-state index in [0.29, 0.717) is 6.42 Å². The average Bonchev–Trinajstić information content (AvgIpc) is 2.62. The van der Waals surface area contributed by atoms with E-state index in [1.54, 1.807) is 0 Å². The number of benzene rings is 2. The summed E-state index contributed by atoms with van der Waals surface area (Å²) in [6.07, 6.45) is -1.69. The molecule has 0 saturated carbocycles. The van der Waals surface area contributed by atoms with Crippen molar-refractivity contribution in [2.75, 3.05) is 5.32 Å². The van der Waals surface area contributed by atoms with Gasteiger partial charge >= 0.3 is 18.0 Å². The Morgan fingerprint density at radius 2 is 1.62 bits per heavy atom. The minimum Gasteiger partial charge on any atom is -0.318 e. The first-order valence-corrected chi connectivity index (χ1v) is 7.70. The third-order valence-electron chi connectivity index (χ3n) is 3.34. The number of rotatable bonds is 5. The number of hydrogen-bond donors (Lipinski definition) is 2. The first-order chi connectivity index (χ1) is 12.4. The van der Waals surface area contributed by atoms with Crippen LogP contribution in [0.2, 0.25) is 0 Å². The van der Waals surface area contributed by atoms with E-state index in [4.69, 9.17) is 0 Å². The fraction of sp³-hybridized carbons (Fsp3) is 0.167. The zero-order chi connectivity index (χ0) is 19.0. The fourth-order valence-electron chi connectivity index (χ4n) is 2.03. The van der Waals surface area contributed by atoms with Gasteiger partial charge in [0.15, 0.2) is 0 Å². The van der Waals surface area contributed by atoms with Gasteiger partial charge in [-0.3, -0.25) is 9.59 Å². The summed E-state index contributed by atoms with van der Waals surface area (Å²) in [5, 5.41) is 5.86. The number of alkyl halides is 3. The molecule has 0 saturated heterocycles. The van der Waals surface area contributed by atoms with Crippen LogP contribution in [0.1, 0.15) is 17.5 Å². The maximum atomic E-state index is 12.5. The second-order valence-corrected chi connectivity index (χ2v) is 5.31.